The number of hydrogen-bond donors (Lipinski definition) is 1. The van der Waals surface area contributed by atoms with Crippen molar-refractivity contribution in [2.24, 2.45) is 0 Å². The van der Waals surface area contributed by atoms with Gasteiger partial charge in [0.15, 0.2) is 5.69 Å². The van der Waals surface area contributed by atoms with Crippen LogP contribution in [0.3, 0.4) is 0 Å². The molecule has 0 saturated carbocycles. The Labute approximate surface area is 144 Å². The van der Waals surface area contributed by atoms with Gasteiger partial charge in [0, 0.05) is 12.1 Å². The number of carbonyl (C=O) groups is 1. The summed E-state index contributed by atoms with van der Waals surface area (Å²) in [5, 5.41) is 11.3. The van der Waals surface area contributed by atoms with Gasteiger partial charge in [0.05, 0.1) is 18.8 Å². The molecule has 0 unspecified atom stereocenters. The van der Waals surface area contributed by atoms with Gasteiger partial charge in [0.2, 0.25) is 0 Å². The van der Waals surface area contributed by atoms with Crippen molar-refractivity contribution in [3.05, 3.63) is 47.3 Å². The minimum absolute atomic E-state index is 0.122. The third-order valence-corrected chi connectivity index (χ3v) is 4.49. The number of benzene rings is 1. The number of halogens is 2. The van der Waals surface area contributed by atoms with Crippen LogP contribution in [0.5, 0.6) is 0 Å². The number of hydrogen-bond acceptors (Lipinski definition) is 4. The molecule has 1 N–H and O–H groups in total. The normalized spacial score (nSPS) is 15.3. The molecule has 1 aromatic heterocycles. The summed E-state index contributed by atoms with van der Waals surface area (Å²) >= 11 is 0. The molecule has 0 radical (unpaired) electrons. The van der Waals surface area contributed by atoms with Crippen LogP contribution in [-0.4, -0.2) is 45.4 Å². The molecule has 1 aromatic carbocycles. The zero-order chi connectivity index (χ0) is 17.8. The SMILES string of the molecule is CCN(Cc1c(F)cccc1F)C(=O)c1cn(C2CCNCC2)nn1. The fourth-order valence-corrected chi connectivity index (χ4v) is 2.99. The summed E-state index contributed by atoms with van der Waals surface area (Å²) in [7, 11) is 0. The molecule has 2 heterocycles. The van der Waals surface area contributed by atoms with Crippen molar-refractivity contribution in [2.75, 3.05) is 19.6 Å². The maximum absolute atomic E-state index is 13.8. The highest BCUT2D eigenvalue weighted by atomic mass is 19.1. The Kier molecular flexibility index (Phi) is 5.37. The van der Waals surface area contributed by atoms with E-state index < -0.39 is 11.6 Å². The molecule has 0 spiro atoms. The highest BCUT2D eigenvalue weighted by Gasteiger charge is 2.23. The fourth-order valence-electron chi connectivity index (χ4n) is 2.99. The predicted octanol–water partition coefficient (Wildman–Crippen LogP) is 2.14. The fraction of sp³-hybridized carbons (Fsp3) is 0.471. The first-order valence-corrected chi connectivity index (χ1v) is 8.45. The first kappa shape index (κ1) is 17.5. The number of rotatable bonds is 5. The summed E-state index contributed by atoms with van der Waals surface area (Å²) in [4.78, 5) is 14.0. The van der Waals surface area contributed by atoms with Crippen LogP contribution in [0.4, 0.5) is 8.78 Å². The van der Waals surface area contributed by atoms with Crippen LogP contribution in [0.15, 0.2) is 24.4 Å². The quantitative estimate of drug-likeness (QED) is 0.898. The maximum atomic E-state index is 13.8. The van der Waals surface area contributed by atoms with Crippen molar-refractivity contribution in [1.82, 2.24) is 25.2 Å². The lowest BCUT2D eigenvalue weighted by Crippen LogP contribution is -2.31. The van der Waals surface area contributed by atoms with Crippen molar-refractivity contribution in [2.45, 2.75) is 32.4 Å². The van der Waals surface area contributed by atoms with E-state index in [1.807, 2.05) is 0 Å². The van der Waals surface area contributed by atoms with E-state index in [4.69, 9.17) is 0 Å². The Morgan fingerprint density at radius 1 is 1.32 bits per heavy atom. The maximum Gasteiger partial charge on any atom is 0.276 e. The Bertz CT molecular complexity index is 722. The molecule has 1 aliphatic heterocycles. The number of aromatic nitrogens is 3. The zero-order valence-electron chi connectivity index (χ0n) is 14.1. The monoisotopic (exact) mass is 349 g/mol. The summed E-state index contributed by atoms with van der Waals surface area (Å²) in [6.45, 7) is 3.73. The summed E-state index contributed by atoms with van der Waals surface area (Å²) in [6.07, 6.45) is 3.47. The molecule has 3 rings (SSSR count). The van der Waals surface area contributed by atoms with Gasteiger partial charge in [-0.15, -0.1) is 5.10 Å². The van der Waals surface area contributed by atoms with Crippen LogP contribution in [0.1, 0.15) is 41.9 Å². The van der Waals surface area contributed by atoms with E-state index in [0.29, 0.717) is 6.54 Å². The highest BCUT2D eigenvalue weighted by molar-refractivity contribution is 5.91. The van der Waals surface area contributed by atoms with Gasteiger partial charge in [-0.05, 0) is 45.0 Å². The Hall–Kier alpha value is -2.35. The lowest BCUT2D eigenvalue weighted by molar-refractivity contribution is 0.0743. The van der Waals surface area contributed by atoms with Gasteiger partial charge in [0.25, 0.3) is 5.91 Å². The molecule has 1 aliphatic rings. The first-order valence-electron chi connectivity index (χ1n) is 8.45. The zero-order valence-corrected chi connectivity index (χ0v) is 14.1. The molecular formula is C17H21F2N5O. The van der Waals surface area contributed by atoms with Crippen LogP contribution in [0.25, 0.3) is 0 Å². The molecule has 134 valence electrons. The Morgan fingerprint density at radius 3 is 2.64 bits per heavy atom. The van der Waals surface area contributed by atoms with E-state index in [0.717, 1.165) is 25.9 Å². The second-order valence-electron chi connectivity index (χ2n) is 6.08. The standard InChI is InChI=1S/C17H21F2N5O/c1-2-23(10-13-14(18)4-3-5-15(13)19)17(25)16-11-24(22-21-16)12-6-8-20-9-7-12/h3-5,11-12,20H,2,6-10H2,1H3. The Balaban J connectivity index is 1.75. The summed E-state index contributed by atoms with van der Waals surface area (Å²) in [5.74, 6) is -1.71. The van der Waals surface area contributed by atoms with Crippen LogP contribution in [0.2, 0.25) is 0 Å². The van der Waals surface area contributed by atoms with Crippen molar-refractivity contribution in [3.63, 3.8) is 0 Å². The van der Waals surface area contributed by atoms with Crippen LogP contribution < -0.4 is 5.32 Å². The van der Waals surface area contributed by atoms with Crippen molar-refractivity contribution >= 4 is 5.91 Å². The van der Waals surface area contributed by atoms with Crippen LogP contribution in [-0.2, 0) is 6.54 Å². The summed E-state index contributed by atoms with van der Waals surface area (Å²) in [6, 6.07) is 3.89. The molecule has 1 fully saturated rings. The molecule has 2 aromatic rings. The van der Waals surface area contributed by atoms with E-state index in [2.05, 4.69) is 15.6 Å². The lowest BCUT2D eigenvalue weighted by Gasteiger charge is -2.22. The average Bonchev–Trinajstić information content (AvgIpc) is 3.12. The van der Waals surface area contributed by atoms with Gasteiger partial charge in [-0.3, -0.25) is 4.79 Å². The number of amides is 1. The van der Waals surface area contributed by atoms with Gasteiger partial charge >= 0.3 is 0 Å². The van der Waals surface area contributed by atoms with Crippen LogP contribution in [0, 0.1) is 11.6 Å². The number of nitrogens with zero attached hydrogens (tertiary/aromatic N) is 4. The smallest absolute Gasteiger partial charge is 0.276 e. The van der Waals surface area contributed by atoms with Crippen molar-refractivity contribution in [3.8, 4) is 0 Å². The second kappa shape index (κ2) is 7.69. The molecular weight excluding hydrogens is 328 g/mol. The van der Waals surface area contributed by atoms with E-state index in [1.54, 1.807) is 17.8 Å². The third kappa shape index (κ3) is 3.84. The van der Waals surface area contributed by atoms with Gasteiger partial charge in [-0.2, -0.15) is 0 Å². The van der Waals surface area contributed by atoms with Crippen molar-refractivity contribution < 1.29 is 13.6 Å². The van der Waals surface area contributed by atoms with E-state index in [1.165, 1.54) is 23.1 Å². The Morgan fingerprint density at radius 2 is 2.00 bits per heavy atom. The van der Waals surface area contributed by atoms with Gasteiger partial charge < -0.3 is 10.2 Å². The molecule has 0 bridgehead atoms. The average molecular weight is 349 g/mol. The molecule has 0 atom stereocenters. The second-order valence-corrected chi connectivity index (χ2v) is 6.08. The highest BCUT2D eigenvalue weighted by Crippen LogP contribution is 2.19. The van der Waals surface area contributed by atoms with E-state index in [-0.39, 0.29) is 29.8 Å². The van der Waals surface area contributed by atoms with E-state index >= 15 is 0 Å². The number of carbonyl (C=O) groups excluding carboxylic acids is 1. The minimum Gasteiger partial charge on any atom is -0.333 e. The molecule has 8 heteroatoms. The molecule has 1 saturated heterocycles. The summed E-state index contributed by atoms with van der Waals surface area (Å²) < 4.78 is 29.4. The number of nitrogens with one attached hydrogen (secondary N) is 1. The molecule has 25 heavy (non-hydrogen) atoms. The molecule has 0 aliphatic carbocycles. The minimum atomic E-state index is -0.662. The van der Waals surface area contributed by atoms with Gasteiger partial charge in [-0.25, -0.2) is 13.5 Å². The molecule has 1 amide bonds. The number of piperidine rings is 1. The lowest BCUT2D eigenvalue weighted by atomic mass is 10.1. The van der Waals surface area contributed by atoms with Gasteiger partial charge in [0.1, 0.15) is 11.6 Å². The van der Waals surface area contributed by atoms with E-state index in [9.17, 15) is 13.6 Å². The van der Waals surface area contributed by atoms with Crippen molar-refractivity contribution in [1.29, 1.82) is 0 Å². The topological polar surface area (TPSA) is 63.1 Å². The largest absolute Gasteiger partial charge is 0.333 e. The first-order chi connectivity index (χ1) is 12.1. The van der Waals surface area contributed by atoms with Crippen LogP contribution >= 0.6 is 0 Å². The summed E-state index contributed by atoms with van der Waals surface area (Å²) in [5.41, 5.74) is 0.0700. The molecule has 6 nitrogen and oxygen atoms in total. The van der Waals surface area contributed by atoms with Gasteiger partial charge in [-0.1, -0.05) is 11.3 Å². The third-order valence-electron chi connectivity index (χ3n) is 4.49. The predicted molar refractivity (Wildman–Crippen MR) is 87.9 cm³/mol.